The van der Waals surface area contributed by atoms with Crippen molar-refractivity contribution in [2.75, 3.05) is 11.9 Å². The first kappa shape index (κ1) is 23.7. The molecule has 0 aliphatic heterocycles. The molecule has 3 aromatic rings. The highest BCUT2D eigenvalue weighted by Crippen LogP contribution is 2.32. The third-order valence-electron chi connectivity index (χ3n) is 5.28. The molecule has 2 unspecified atom stereocenters. The molecular weight excluding hydrogens is 443 g/mol. The standard InChI is InChI=1S/C26H24Cl2N2O2/c1-17(2)25(18-7-9-20(27)10-8-18)26(31)32-24(16-29)19-5-4-6-23(15-19)30(3)22-13-11-21(28)12-14-22/h4-15,17,24-25H,1-3H3. The number of anilines is 2. The van der Waals surface area contributed by atoms with Crippen molar-refractivity contribution in [2.24, 2.45) is 5.92 Å². The summed E-state index contributed by atoms with van der Waals surface area (Å²) >= 11 is 12.0. The zero-order valence-corrected chi connectivity index (χ0v) is 19.6. The fraction of sp³-hybridized carbons (Fsp3) is 0.231. The number of halogens is 2. The van der Waals surface area contributed by atoms with E-state index in [-0.39, 0.29) is 5.92 Å². The maximum absolute atomic E-state index is 13.1. The Bertz CT molecular complexity index is 1110. The van der Waals surface area contributed by atoms with Crippen LogP contribution in [0.25, 0.3) is 0 Å². The molecule has 4 nitrogen and oxygen atoms in total. The highest BCUT2D eigenvalue weighted by atomic mass is 35.5. The van der Waals surface area contributed by atoms with E-state index in [0.717, 1.165) is 16.9 Å². The fourth-order valence-electron chi connectivity index (χ4n) is 3.53. The lowest BCUT2D eigenvalue weighted by molar-refractivity contribution is -0.150. The van der Waals surface area contributed by atoms with Gasteiger partial charge in [0.1, 0.15) is 6.07 Å². The van der Waals surface area contributed by atoms with Gasteiger partial charge in [0.15, 0.2) is 0 Å². The van der Waals surface area contributed by atoms with E-state index in [1.54, 1.807) is 18.2 Å². The summed E-state index contributed by atoms with van der Waals surface area (Å²) in [7, 11) is 1.92. The first-order valence-electron chi connectivity index (χ1n) is 10.2. The van der Waals surface area contributed by atoms with Gasteiger partial charge in [0, 0.05) is 34.0 Å². The van der Waals surface area contributed by atoms with Crippen molar-refractivity contribution >= 4 is 40.5 Å². The van der Waals surface area contributed by atoms with Gasteiger partial charge in [-0.05, 0) is 60.0 Å². The Kier molecular flexibility index (Phi) is 7.80. The summed E-state index contributed by atoms with van der Waals surface area (Å²) in [6, 6.07) is 24.1. The molecule has 0 heterocycles. The van der Waals surface area contributed by atoms with Gasteiger partial charge in [-0.2, -0.15) is 5.26 Å². The summed E-state index contributed by atoms with van der Waals surface area (Å²) in [5, 5.41) is 11.0. The molecule has 0 aliphatic carbocycles. The van der Waals surface area contributed by atoms with Crippen LogP contribution >= 0.6 is 23.2 Å². The molecular formula is C26H24Cl2N2O2. The van der Waals surface area contributed by atoms with Gasteiger partial charge in [-0.25, -0.2) is 0 Å². The van der Waals surface area contributed by atoms with Crippen LogP contribution in [0.2, 0.25) is 10.0 Å². The van der Waals surface area contributed by atoms with Gasteiger partial charge in [0.2, 0.25) is 6.10 Å². The lowest BCUT2D eigenvalue weighted by Crippen LogP contribution is -2.22. The van der Waals surface area contributed by atoms with Crippen molar-refractivity contribution in [3.05, 3.63) is 94.0 Å². The summed E-state index contributed by atoms with van der Waals surface area (Å²) in [5.41, 5.74) is 3.22. The largest absolute Gasteiger partial charge is 0.441 e. The van der Waals surface area contributed by atoms with Gasteiger partial charge in [0.25, 0.3) is 0 Å². The third-order valence-corrected chi connectivity index (χ3v) is 5.78. The number of esters is 1. The number of nitrogens with zero attached hydrogens (tertiary/aromatic N) is 2. The highest BCUT2D eigenvalue weighted by Gasteiger charge is 2.29. The number of hydrogen-bond donors (Lipinski definition) is 0. The van der Waals surface area contributed by atoms with Crippen molar-refractivity contribution in [3.8, 4) is 6.07 Å². The van der Waals surface area contributed by atoms with Crippen LogP contribution < -0.4 is 4.90 Å². The minimum Gasteiger partial charge on any atom is -0.441 e. The Balaban J connectivity index is 1.82. The lowest BCUT2D eigenvalue weighted by atomic mass is 9.88. The Morgan fingerprint density at radius 2 is 1.50 bits per heavy atom. The number of benzene rings is 3. The fourth-order valence-corrected chi connectivity index (χ4v) is 3.78. The predicted octanol–water partition coefficient (Wildman–Crippen LogP) is 7.31. The number of carbonyl (C=O) groups excluding carboxylic acids is 1. The van der Waals surface area contributed by atoms with Crippen LogP contribution in [0.5, 0.6) is 0 Å². The Morgan fingerprint density at radius 1 is 0.906 bits per heavy atom. The van der Waals surface area contributed by atoms with Crippen LogP contribution in [0.4, 0.5) is 11.4 Å². The predicted molar refractivity (Wildman–Crippen MR) is 129 cm³/mol. The van der Waals surface area contributed by atoms with Crippen molar-refractivity contribution in [1.29, 1.82) is 5.26 Å². The number of hydrogen-bond acceptors (Lipinski definition) is 4. The molecule has 0 radical (unpaired) electrons. The highest BCUT2D eigenvalue weighted by molar-refractivity contribution is 6.30. The molecule has 0 saturated heterocycles. The smallest absolute Gasteiger partial charge is 0.315 e. The Morgan fingerprint density at radius 3 is 2.06 bits per heavy atom. The van der Waals surface area contributed by atoms with E-state index in [0.29, 0.717) is 15.6 Å². The molecule has 0 amide bonds. The minimum atomic E-state index is -1.02. The summed E-state index contributed by atoms with van der Waals surface area (Å²) in [6.07, 6.45) is -1.02. The summed E-state index contributed by atoms with van der Waals surface area (Å²) in [5.74, 6) is -0.946. The number of rotatable bonds is 7. The molecule has 0 spiro atoms. The van der Waals surface area contributed by atoms with Gasteiger partial charge in [-0.15, -0.1) is 0 Å². The average Bonchev–Trinajstić information content (AvgIpc) is 2.79. The van der Waals surface area contributed by atoms with Crippen molar-refractivity contribution in [1.82, 2.24) is 0 Å². The zero-order valence-electron chi connectivity index (χ0n) is 18.1. The van der Waals surface area contributed by atoms with E-state index in [4.69, 9.17) is 27.9 Å². The Labute approximate surface area is 198 Å². The molecule has 0 aliphatic rings. The van der Waals surface area contributed by atoms with E-state index >= 15 is 0 Å². The normalized spacial score (nSPS) is 12.7. The zero-order chi connectivity index (χ0) is 23.3. The molecule has 0 aromatic heterocycles. The second kappa shape index (κ2) is 10.5. The molecule has 32 heavy (non-hydrogen) atoms. The van der Waals surface area contributed by atoms with Crippen molar-refractivity contribution in [3.63, 3.8) is 0 Å². The molecule has 0 N–H and O–H groups in total. The van der Waals surface area contributed by atoms with E-state index in [1.165, 1.54) is 0 Å². The second-order valence-electron chi connectivity index (χ2n) is 7.85. The summed E-state index contributed by atoms with van der Waals surface area (Å²) in [4.78, 5) is 15.0. The second-order valence-corrected chi connectivity index (χ2v) is 8.72. The molecule has 6 heteroatoms. The number of nitriles is 1. The van der Waals surface area contributed by atoms with Crippen LogP contribution in [0.1, 0.15) is 37.0 Å². The number of carbonyl (C=O) groups is 1. The molecule has 164 valence electrons. The van der Waals surface area contributed by atoms with Crippen LogP contribution in [0, 0.1) is 17.2 Å². The first-order valence-corrected chi connectivity index (χ1v) is 11.0. The quantitative estimate of drug-likeness (QED) is 0.342. The van der Waals surface area contributed by atoms with Crippen molar-refractivity contribution < 1.29 is 9.53 Å². The molecule has 3 rings (SSSR count). The molecule has 0 fully saturated rings. The van der Waals surface area contributed by atoms with Gasteiger partial charge < -0.3 is 9.64 Å². The van der Waals surface area contributed by atoms with Gasteiger partial charge in [0.05, 0.1) is 5.92 Å². The maximum atomic E-state index is 13.1. The van der Waals surface area contributed by atoms with E-state index in [1.807, 2.05) is 80.4 Å². The van der Waals surface area contributed by atoms with Crippen LogP contribution in [-0.4, -0.2) is 13.0 Å². The topological polar surface area (TPSA) is 53.3 Å². The van der Waals surface area contributed by atoms with Gasteiger partial charge >= 0.3 is 5.97 Å². The van der Waals surface area contributed by atoms with Gasteiger partial charge in [-0.1, -0.05) is 61.3 Å². The van der Waals surface area contributed by atoms with E-state index in [2.05, 4.69) is 6.07 Å². The van der Waals surface area contributed by atoms with E-state index < -0.39 is 18.0 Å². The minimum absolute atomic E-state index is 0.00890. The maximum Gasteiger partial charge on any atom is 0.315 e. The Hall–Kier alpha value is -3.00. The monoisotopic (exact) mass is 466 g/mol. The van der Waals surface area contributed by atoms with Crippen molar-refractivity contribution in [2.45, 2.75) is 25.9 Å². The van der Waals surface area contributed by atoms with Gasteiger partial charge in [-0.3, -0.25) is 4.79 Å². The molecule has 0 bridgehead atoms. The summed E-state index contributed by atoms with van der Waals surface area (Å²) < 4.78 is 5.68. The molecule has 3 aromatic carbocycles. The first-order chi connectivity index (χ1) is 15.3. The average molecular weight is 467 g/mol. The lowest BCUT2D eigenvalue weighted by Gasteiger charge is -2.23. The molecule has 2 atom stereocenters. The van der Waals surface area contributed by atoms with Crippen LogP contribution in [0.15, 0.2) is 72.8 Å². The summed E-state index contributed by atoms with van der Waals surface area (Å²) in [6.45, 7) is 3.90. The van der Waals surface area contributed by atoms with E-state index in [9.17, 15) is 10.1 Å². The van der Waals surface area contributed by atoms with Crippen LogP contribution in [0.3, 0.4) is 0 Å². The number of ether oxygens (including phenoxy) is 1. The molecule has 0 saturated carbocycles. The van der Waals surface area contributed by atoms with Crippen LogP contribution in [-0.2, 0) is 9.53 Å². The third kappa shape index (κ3) is 5.62. The SMILES string of the molecule is CC(C)C(C(=O)OC(C#N)c1cccc(N(C)c2ccc(Cl)cc2)c1)c1ccc(Cl)cc1.